The van der Waals surface area contributed by atoms with Crippen molar-refractivity contribution >= 4 is 11.6 Å². The third-order valence-electron chi connectivity index (χ3n) is 2.71. The molecule has 1 saturated heterocycles. The van der Waals surface area contributed by atoms with Crippen LogP contribution in [0.2, 0.25) is 5.02 Å². The SMILES string of the molecule is N#Cc1ccc(OCC2CCNC2)cc1Cl. The number of hydrogen-bond donors (Lipinski definition) is 1. The molecule has 1 aromatic carbocycles. The molecule has 1 atom stereocenters. The molecule has 1 fully saturated rings. The average Bonchev–Trinajstić information content (AvgIpc) is 2.79. The fraction of sp³-hybridized carbons (Fsp3) is 0.417. The molecule has 3 nitrogen and oxygen atoms in total. The topological polar surface area (TPSA) is 45.0 Å². The van der Waals surface area contributed by atoms with Crippen molar-refractivity contribution in [2.24, 2.45) is 5.92 Å². The molecule has 84 valence electrons. The summed E-state index contributed by atoms with van der Waals surface area (Å²) >= 11 is 5.91. The molecule has 2 rings (SSSR count). The Morgan fingerprint density at radius 1 is 1.56 bits per heavy atom. The lowest BCUT2D eigenvalue weighted by Crippen LogP contribution is -2.15. The highest BCUT2D eigenvalue weighted by atomic mass is 35.5. The van der Waals surface area contributed by atoms with Crippen LogP contribution < -0.4 is 10.1 Å². The molecule has 0 spiro atoms. The Morgan fingerprint density at radius 3 is 3.06 bits per heavy atom. The summed E-state index contributed by atoms with van der Waals surface area (Å²) in [6.07, 6.45) is 1.16. The monoisotopic (exact) mass is 236 g/mol. The number of nitrogens with one attached hydrogen (secondary N) is 1. The fourth-order valence-corrected chi connectivity index (χ4v) is 1.96. The van der Waals surface area contributed by atoms with E-state index in [9.17, 15) is 0 Å². The van der Waals surface area contributed by atoms with Gasteiger partial charge in [-0.05, 0) is 25.1 Å². The second-order valence-corrected chi connectivity index (χ2v) is 4.33. The van der Waals surface area contributed by atoms with Crippen LogP contribution in [0.1, 0.15) is 12.0 Å². The summed E-state index contributed by atoms with van der Waals surface area (Å²) in [6.45, 7) is 2.79. The fourth-order valence-electron chi connectivity index (χ4n) is 1.75. The molecule has 1 heterocycles. The maximum atomic E-state index is 8.73. The van der Waals surface area contributed by atoms with E-state index in [-0.39, 0.29) is 0 Å². The molecule has 0 amide bonds. The maximum absolute atomic E-state index is 8.73. The Morgan fingerprint density at radius 2 is 2.44 bits per heavy atom. The van der Waals surface area contributed by atoms with Gasteiger partial charge in [0.15, 0.2) is 0 Å². The summed E-state index contributed by atoms with van der Waals surface area (Å²) in [5.74, 6) is 1.31. The maximum Gasteiger partial charge on any atom is 0.120 e. The van der Waals surface area contributed by atoms with Gasteiger partial charge in [0.2, 0.25) is 0 Å². The van der Waals surface area contributed by atoms with Crippen molar-refractivity contribution in [1.82, 2.24) is 5.32 Å². The molecule has 16 heavy (non-hydrogen) atoms. The zero-order chi connectivity index (χ0) is 11.4. The van der Waals surface area contributed by atoms with Crippen LogP contribution in [0.5, 0.6) is 5.75 Å². The highest BCUT2D eigenvalue weighted by Crippen LogP contribution is 2.22. The van der Waals surface area contributed by atoms with E-state index < -0.39 is 0 Å². The second kappa shape index (κ2) is 5.20. The average molecular weight is 237 g/mol. The predicted octanol–water partition coefficient (Wildman–Crippen LogP) is 2.20. The Hall–Kier alpha value is -1.24. The molecule has 4 heteroatoms. The zero-order valence-corrected chi connectivity index (χ0v) is 9.63. The van der Waals surface area contributed by atoms with E-state index in [1.165, 1.54) is 0 Å². The molecule has 1 N–H and O–H groups in total. The number of ether oxygens (including phenoxy) is 1. The van der Waals surface area contributed by atoms with Crippen molar-refractivity contribution in [3.05, 3.63) is 28.8 Å². The molecule has 1 unspecified atom stereocenters. The van der Waals surface area contributed by atoms with E-state index in [0.29, 0.717) is 23.1 Å². The van der Waals surface area contributed by atoms with E-state index in [1.54, 1.807) is 18.2 Å². The van der Waals surface area contributed by atoms with Crippen molar-refractivity contribution in [3.8, 4) is 11.8 Å². The standard InChI is InChI=1S/C12H13ClN2O/c13-12-5-11(2-1-10(12)6-14)16-8-9-3-4-15-7-9/h1-2,5,9,15H,3-4,7-8H2. The molecular weight excluding hydrogens is 224 g/mol. The first-order valence-corrected chi connectivity index (χ1v) is 5.70. The summed E-state index contributed by atoms with van der Waals surface area (Å²) in [6, 6.07) is 7.19. The van der Waals surface area contributed by atoms with Crippen molar-refractivity contribution in [2.45, 2.75) is 6.42 Å². The van der Waals surface area contributed by atoms with Crippen molar-refractivity contribution in [2.75, 3.05) is 19.7 Å². The van der Waals surface area contributed by atoms with E-state index in [1.807, 2.05) is 6.07 Å². The molecular formula is C12H13ClN2O. The third-order valence-corrected chi connectivity index (χ3v) is 3.02. The van der Waals surface area contributed by atoms with Crippen LogP contribution in [0.15, 0.2) is 18.2 Å². The van der Waals surface area contributed by atoms with Crippen LogP contribution in [0.3, 0.4) is 0 Å². The van der Waals surface area contributed by atoms with Crippen LogP contribution in [0.25, 0.3) is 0 Å². The van der Waals surface area contributed by atoms with Crippen LogP contribution in [0.4, 0.5) is 0 Å². The number of benzene rings is 1. The van der Waals surface area contributed by atoms with E-state index in [0.717, 1.165) is 25.3 Å². The van der Waals surface area contributed by atoms with Gasteiger partial charge < -0.3 is 10.1 Å². The second-order valence-electron chi connectivity index (χ2n) is 3.92. The summed E-state index contributed by atoms with van der Waals surface area (Å²) in [5.41, 5.74) is 0.483. The minimum Gasteiger partial charge on any atom is -0.493 e. The van der Waals surface area contributed by atoms with Crippen LogP contribution in [-0.4, -0.2) is 19.7 Å². The largest absolute Gasteiger partial charge is 0.493 e. The summed E-state index contributed by atoms with van der Waals surface area (Å²) < 4.78 is 5.64. The molecule has 1 aromatic rings. The van der Waals surface area contributed by atoms with Gasteiger partial charge in [0.1, 0.15) is 11.8 Å². The lowest BCUT2D eigenvalue weighted by Gasteiger charge is -2.11. The first kappa shape index (κ1) is 11.3. The van der Waals surface area contributed by atoms with Crippen molar-refractivity contribution < 1.29 is 4.74 Å². The van der Waals surface area contributed by atoms with E-state index >= 15 is 0 Å². The van der Waals surface area contributed by atoms with Crippen LogP contribution >= 0.6 is 11.6 Å². The summed E-state index contributed by atoms with van der Waals surface area (Å²) in [4.78, 5) is 0. The van der Waals surface area contributed by atoms with Crippen molar-refractivity contribution in [3.63, 3.8) is 0 Å². The minimum atomic E-state index is 0.449. The molecule has 0 aromatic heterocycles. The Bertz CT molecular complexity index is 408. The number of rotatable bonds is 3. The van der Waals surface area contributed by atoms with Gasteiger partial charge in [0, 0.05) is 18.5 Å². The zero-order valence-electron chi connectivity index (χ0n) is 8.87. The molecule has 0 saturated carbocycles. The van der Waals surface area contributed by atoms with Gasteiger partial charge in [-0.2, -0.15) is 5.26 Å². The van der Waals surface area contributed by atoms with E-state index in [4.69, 9.17) is 21.6 Å². The third kappa shape index (κ3) is 2.66. The highest BCUT2D eigenvalue weighted by Gasteiger charge is 2.15. The molecule has 1 aliphatic heterocycles. The Kier molecular flexibility index (Phi) is 3.66. The van der Waals surface area contributed by atoms with Gasteiger partial charge >= 0.3 is 0 Å². The molecule has 1 aliphatic rings. The predicted molar refractivity (Wildman–Crippen MR) is 62.6 cm³/mol. The number of nitrogens with zero attached hydrogens (tertiary/aromatic N) is 1. The van der Waals surface area contributed by atoms with Gasteiger partial charge in [-0.3, -0.25) is 0 Å². The van der Waals surface area contributed by atoms with Crippen LogP contribution in [-0.2, 0) is 0 Å². The minimum absolute atomic E-state index is 0.449. The van der Waals surface area contributed by atoms with E-state index in [2.05, 4.69) is 5.32 Å². The van der Waals surface area contributed by atoms with Gasteiger partial charge in [0.25, 0.3) is 0 Å². The summed E-state index contributed by atoms with van der Waals surface area (Å²) in [5, 5.41) is 12.5. The van der Waals surface area contributed by atoms with Gasteiger partial charge in [-0.25, -0.2) is 0 Å². The Labute approximate surface area is 100.0 Å². The highest BCUT2D eigenvalue weighted by molar-refractivity contribution is 6.31. The smallest absolute Gasteiger partial charge is 0.120 e. The number of halogens is 1. The number of hydrogen-bond acceptors (Lipinski definition) is 3. The van der Waals surface area contributed by atoms with Crippen molar-refractivity contribution in [1.29, 1.82) is 5.26 Å². The first-order chi connectivity index (χ1) is 7.79. The first-order valence-electron chi connectivity index (χ1n) is 5.33. The molecule has 0 radical (unpaired) electrons. The normalized spacial score (nSPS) is 19.4. The van der Waals surface area contributed by atoms with Gasteiger partial charge in [0.05, 0.1) is 17.2 Å². The van der Waals surface area contributed by atoms with Crippen LogP contribution in [0, 0.1) is 17.2 Å². The summed E-state index contributed by atoms with van der Waals surface area (Å²) in [7, 11) is 0. The van der Waals surface area contributed by atoms with Gasteiger partial charge in [-0.1, -0.05) is 11.6 Å². The lowest BCUT2D eigenvalue weighted by molar-refractivity contribution is 0.260. The number of nitriles is 1. The molecule has 0 aliphatic carbocycles. The Balaban J connectivity index is 1.94. The quantitative estimate of drug-likeness (QED) is 0.875. The van der Waals surface area contributed by atoms with Gasteiger partial charge in [-0.15, -0.1) is 0 Å². The molecule has 0 bridgehead atoms. The lowest BCUT2D eigenvalue weighted by atomic mass is 10.1.